The van der Waals surface area contributed by atoms with Crippen molar-refractivity contribution in [3.8, 4) is 0 Å². The Morgan fingerprint density at radius 1 is 1.05 bits per heavy atom. The minimum absolute atomic E-state index is 0.299. The first-order chi connectivity index (χ1) is 8.63. The molecule has 1 fully saturated rings. The van der Waals surface area contributed by atoms with Crippen LogP contribution in [-0.2, 0) is 19.1 Å². The number of rotatable bonds is 4. The summed E-state index contributed by atoms with van der Waals surface area (Å²) in [5.41, 5.74) is -1.07. The van der Waals surface area contributed by atoms with E-state index in [0.717, 1.165) is 12.8 Å². The summed E-state index contributed by atoms with van der Waals surface area (Å²) in [6.07, 6.45) is 4.60. The Balaban J connectivity index is 2.40. The van der Waals surface area contributed by atoms with E-state index in [1.165, 1.54) is 12.8 Å². The van der Waals surface area contributed by atoms with Crippen molar-refractivity contribution in [1.82, 2.24) is 0 Å². The molecule has 0 aliphatic heterocycles. The third-order valence-corrected chi connectivity index (χ3v) is 3.65. The van der Waals surface area contributed by atoms with Gasteiger partial charge in [0.2, 0.25) is 0 Å². The molecule has 1 saturated carbocycles. The number of carbonyl (C=O) groups excluding carboxylic acids is 2. The summed E-state index contributed by atoms with van der Waals surface area (Å²) in [6.45, 7) is 8.83. The van der Waals surface area contributed by atoms with Crippen molar-refractivity contribution in [1.29, 1.82) is 0 Å². The Labute approximate surface area is 115 Å². The van der Waals surface area contributed by atoms with Gasteiger partial charge >= 0.3 is 11.9 Å². The Morgan fingerprint density at radius 3 is 2.05 bits per heavy atom. The van der Waals surface area contributed by atoms with E-state index in [1.807, 2.05) is 13.8 Å². The van der Waals surface area contributed by atoms with Gasteiger partial charge in [-0.15, -0.1) is 0 Å². The highest BCUT2D eigenvalue weighted by atomic mass is 16.6. The first kappa shape index (κ1) is 16.0. The summed E-state index contributed by atoms with van der Waals surface area (Å²) in [4.78, 5) is 23.3. The van der Waals surface area contributed by atoms with Crippen molar-refractivity contribution >= 4 is 11.9 Å². The standard InChI is InChI=1S/C15H26O4/c1-14(2,3)13(17)18-10-12(16)19-15(4,5)11-8-6-7-9-11/h11H,6-10H2,1-5H3. The lowest BCUT2D eigenvalue weighted by atomic mass is 9.89. The molecule has 0 aromatic rings. The van der Waals surface area contributed by atoms with E-state index >= 15 is 0 Å². The molecule has 0 amide bonds. The Bertz CT molecular complexity index is 333. The molecular formula is C15H26O4. The average Bonchev–Trinajstić information content (AvgIpc) is 2.77. The van der Waals surface area contributed by atoms with Gasteiger partial charge in [-0.2, -0.15) is 0 Å². The molecule has 1 rings (SSSR count). The second kappa shape index (κ2) is 5.93. The van der Waals surface area contributed by atoms with E-state index in [0.29, 0.717) is 5.92 Å². The maximum absolute atomic E-state index is 11.7. The van der Waals surface area contributed by atoms with Gasteiger partial charge in [-0.25, -0.2) is 4.79 Å². The second-order valence-electron chi connectivity index (χ2n) is 6.89. The first-order valence-corrected chi connectivity index (χ1v) is 7.02. The van der Waals surface area contributed by atoms with E-state index in [2.05, 4.69) is 0 Å². The third kappa shape index (κ3) is 4.84. The highest BCUT2D eigenvalue weighted by Gasteiger charge is 2.35. The predicted octanol–water partition coefficient (Wildman–Crippen LogP) is 3.09. The Morgan fingerprint density at radius 2 is 1.58 bits per heavy atom. The van der Waals surface area contributed by atoms with Crippen LogP contribution < -0.4 is 0 Å². The Hall–Kier alpha value is -1.06. The van der Waals surface area contributed by atoms with Crippen LogP contribution in [0, 0.1) is 11.3 Å². The van der Waals surface area contributed by atoms with Gasteiger partial charge < -0.3 is 9.47 Å². The van der Waals surface area contributed by atoms with Crippen molar-refractivity contribution in [3.63, 3.8) is 0 Å². The monoisotopic (exact) mass is 270 g/mol. The zero-order chi connectivity index (χ0) is 14.7. The summed E-state index contributed by atoms with van der Waals surface area (Å²) in [5.74, 6) is -0.438. The maximum atomic E-state index is 11.7. The topological polar surface area (TPSA) is 52.6 Å². The summed E-state index contributed by atoms with van der Waals surface area (Å²) >= 11 is 0. The molecule has 0 aromatic carbocycles. The zero-order valence-corrected chi connectivity index (χ0v) is 12.7. The highest BCUT2D eigenvalue weighted by molar-refractivity contribution is 5.79. The fourth-order valence-electron chi connectivity index (χ4n) is 2.37. The molecule has 0 N–H and O–H groups in total. The summed E-state index contributed by atoms with van der Waals surface area (Å²) in [6, 6.07) is 0. The van der Waals surface area contributed by atoms with Crippen molar-refractivity contribution < 1.29 is 19.1 Å². The van der Waals surface area contributed by atoms with E-state index in [4.69, 9.17) is 9.47 Å². The van der Waals surface area contributed by atoms with Gasteiger partial charge in [0, 0.05) is 0 Å². The molecule has 19 heavy (non-hydrogen) atoms. The minimum Gasteiger partial charge on any atom is -0.457 e. The van der Waals surface area contributed by atoms with Crippen molar-refractivity contribution in [2.24, 2.45) is 11.3 Å². The normalized spacial score (nSPS) is 17.3. The van der Waals surface area contributed by atoms with Crippen LogP contribution in [0.25, 0.3) is 0 Å². The van der Waals surface area contributed by atoms with E-state index < -0.39 is 17.0 Å². The lowest BCUT2D eigenvalue weighted by Crippen LogP contribution is -2.37. The van der Waals surface area contributed by atoms with Crippen LogP contribution in [0.1, 0.15) is 60.3 Å². The summed E-state index contributed by atoms with van der Waals surface area (Å²) in [7, 11) is 0. The molecule has 0 saturated heterocycles. The van der Waals surface area contributed by atoms with Crippen LogP contribution >= 0.6 is 0 Å². The molecular weight excluding hydrogens is 244 g/mol. The molecule has 0 spiro atoms. The molecule has 0 unspecified atom stereocenters. The lowest BCUT2D eigenvalue weighted by molar-refractivity contribution is -0.174. The Kier molecular flexibility index (Phi) is 4.99. The van der Waals surface area contributed by atoms with Crippen molar-refractivity contribution in [2.45, 2.75) is 65.9 Å². The largest absolute Gasteiger partial charge is 0.457 e. The molecule has 110 valence electrons. The summed E-state index contributed by atoms with van der Waals surface area (Å²) in [5, 5.41) is 0. The number of ether oxygens (including phenoxy) is 2. The van der Waals surface area contributed by atoms with Crippen LogP contribution in [0.2, 0.25) is 0 Å². The fourth-order valence-corrected chi connectivity index (χ4v) is 2.37. The SMILES string of the molecule is CC(C)(C)C(=O)OCC(=O)OC(C)(C)C1CCCC1. The molecule has 1 aliphatic carbocycles. The minimum atomic E-state index is -0.596. The molecule has 0 heterocycles. The van der Waals surface area contributed by atoms with Gasteiger partial charge in [-0.05, 0) is 53.4 Å². The predicted molar refractivity (Wildman–Crippen MR) is 72.5 cm³/mol. The highest BCUT2D eigenvalue weighted by Crippen LogP contribution is 2.36. The first-order valence-electron chi connectivity index (χ1n) is 7.02. The van der Waals surface area contributed by atoms with Crippen LogP contribution in [0.3, 0.4) is 0 Å². The molecule has 0 atom stereocenters. The number of hydrogen-bond acceptors (Lipinski definition) is 4. The maximum Gasteiger partial charge on any atom is 0.344 e. The number of hydrogen-bond donors (Lipinski definition) is 0. The fraction of sp³-hybridized carbons (Fsp3) is 0.867. The lowest BCUT2D eigenvalue weighted by Gasteiger charge is -2.31. The van der Waals surface area contributed by atoms with Crippen molar-refractivity contribution in [2.75, 3.05) is 6.61 Å². The molecule has 1 aliphatic rings. The zero-order valence-electron chi connectivity index (χ0n) is 12.7. The van der Waals surface area contributed by atoms with Crippen LogP contribution in [-0.4, -0.2) is 24.1 Å². The molecule has 4 heteroatoms. The van der Waals surface area contributed by atoms with Gasteiger partial charge in [0.05, 0.1) is 5.41 Å². The smallest absolute Gasteiger partial charge is 0.344 e. The summed E-state index contributed by atoms with van der Waals surface area (Å²) < 4.78 is 10.4. The second-order valence-corrected chi connectivity index (χ2v) is 6.89. The van der Waals surface area contributed by atoms with Gasteiger partial charge in [-0.3, -0.25) is 4.79 Å². The van der Waals surface area contributed by atoms with E-state index in [-0.39, 0.29) is 12.6 Å². The van der Waals surface area contributed by atoms with E-state index in [9.17, 15) is 9.59 Å². The number of esters is 2. The molecule has 0 bridgehead atoms. The third-order valence-electron chi connectivity index (χ3n) is 3.65. The molecule has 4 nitrogen and oxygen atoms in total. The van der Waals surface area contributed by atoms with Crippen LogP contribution in [0.4, 0.5) is 0 Å². The van der Waals surface area contributed by atoms with Crippen LogP contribution in [0.5, 0.6) is 0 Å². The van der Waals surface area contributed by atoms with Gasteiger partial charge in [0.1, 0.15) is 5.60 Å². The molecule has 0 radical (unpaired) electrons. The average molecular weight is 270 g/mol. The van der Waals surface area contributed by atoms with Crippen LogP contribution in [0.15, 0.2) is 0 Å². The van der Waals surface area contributed by atoms with Gasteiger partial charge in [-0.1, -0.05) is 12.8 Å². The molecule has 0 aromatic heterocycles. The van der Waals surface area contributed by atoms with Gasteiger partial charge in [0.25, 0.3) is 0 Å². The van der Waals surface area contributed by atoms with Crippen molar-refractivity contribution in [3.05, 3.63) is 0 Å². The van der Waals surface area contributed by atoms with Gasteiger partial charge in [0.15, 0.2) is 6.61 Å². The van der Waals surface area contributed by atoms with E-state index in [1.54, 1.807) is 20.8 Å². The quantitative estimate of drug-likeness (QED) is 0.737. The number of carbonyl (C=O) groups is 2.